The minimum Gasteiger partial charge on any atom is -0.378 e. The van der Waals surface area contributed by atoms with E-state index in [0.29, 0.717) is 13.2 Å². The van der Waals surface area contributed by atoms with Crippen LogP contribution in [0.25, 0.3) is 9.88 Å². The fourth-order valence-electron chi connectivity index (χ4n) is 2.80. The summed E-state index contributed by atoms with van der Waals surface area (Å²) in [5.74, 6) is 0.105. The van der Waals surface area contributed by atoms with Crippen molar-refractivity contribution in [3.05, 3.63) is 28.1 Å². The van der Waals surface area contributed by atoms with Crippen molar-refractivity contribution in [2.75, 3.05) is 26.2 Å². The molecule has 1 aliphatic rings. The fraction of sp³-hybridized carbons (Fsp3) is 0.529. The highest BCUT2D eigenvalue weighted by molar-refractivity contribution is 7.22. The first-order chi connectivity index (χ1) is 11.7. The maximum absolute atomic E-state index is 12.8. The molecule has 0 atom stereocenters. The zero-order valence-electron chi connectivity index (χ0n) is 13.9. The van der Waals surface area contributed by atoms with Crippen molar-refractivity contribution in [2.24, 2.45) is 5.73 Å². The summed E-state index contributed by atoms with van der Waals surface area (Å²) in [5, 5.41) is 2.97. The molecule has 0 saturated carbocycles. The summed E-state index contributed by atoms with van der Waals surface area (Å²) >= 11 is 3.15. The quantitative estimate of drug-likeness (QED) is 0.799. The Balaban J connectivity index is 1.60. The maximum Gasteiger partial charge on any atom is 0.265 e. The van der Waals surface area contributed by atoms with Crippen LogP contribution in [0.4, 0.5) is 0 Å². The maximum atomic E-state index is 12.8. The third-order valence-corrected chi connectivity index (χ3v) is 6.34. The van der Waals surface area contributed by atoms with Crippen LogP contribution < -0.4 is 5.73 Å². The summed E-state index contributed by atoms with van der Waals surface area (Å²) in [7, 11) is 0. The van der Waals surface area contributed by atoms with E-state index in [1.165, 1.54) is 11.3 Å². The molecule has 2 aromatic rings. The Morgan fingerprint density at radius 2 is 2.25 bits per heavy atom. The average Bonchev–Trinajstić information content (AvgIpc) is 3.24. The Morgan fingerprint density at radius 1 is 1.46 bits per heavy atom. The van der Waals surface area contributed by atoms with E-state index in [1.54, 1.807) is 11.3 Å². The first-order valence-corrected chi connectivity index (χ1v) is 10.0. The SMILES string of the molecule is Cc1nc(-c2cccs2)sc1C(=O)N1CCC(OCCCN)CC1. The molecule has 5 nitrogen and oxygen atoms in total. The van der Waals surface area contributed by atoms with Crippen LogP contribution >= 0.6 is 22.7 Å². The highest BCUT2D eigenvalue weighted by atomic mass is 32.1. The molecule has 0 bridgehead atoms. The zero-order chi connectivity index (χ0) is 16.9. The number of nitrogens with two attached hydrogens (primary N) is 1. The smallest absolute Gasteiger partial charge is 0.265 e. The summed E-state index contributed by atoms with van der Waals surface area (Å²) in [6, 6.07) is 4.05. The van der Waals surface area contributed by atoms with Crippen LogP contribution in [0.15, 0.2) is 17.5 Å². The lowest BCUT2D eigenvalue weighted by atomic mass is 10.1. The number of thiophene rings is 1. The Labute approximate surface area is 150 Å². The van der Waals surface area contributed by atoms with E-state index >= 15 is 0 Å². The lowest BCUT2D eigenvalue weighted by molar-refractivity contribution is 0.00855. The van der Waals surface area contributed by atoms with Crippen LogP contribution in [0.5, 0.6) is 0 Å². The molecular weight excluding hydrogens is 342 g/mol. The standard InChI is InChI=1S/C17H23N3O2S2/c1-12-15(24-16(19-12)14-4-2-11-23-14)17(21)20-8-5-13(6-9-20)22-10-3-7-18/h2,4,11,13H,3,5-10,18H2,1H3. The van der Waals surface area contributed by atoms with E-state index < -0.39 is 0 Å². The molecule has 1 amide bonds. The molecule has 0 radical (unpaired) electrons. The Bertz CT molecular complexity index is 661. The van der Waals surface area contributed by atoms with Crippen molar-refractivity contribution < 1.29 is 9.53 Å². The van der Waals surface area contributed by atoms with Crippen LogP contribution in [-0.2, 0) is 4.74 Å². The van der Waals surface area contributed by atoms with Gasteiger partial charge in [0.15, 0.2) is 0 Å². The summed E-state index contributed by atoms with van der Waals surface area (Å²) < 4.78 is 5.81. The van der Waals surface area contributed by atoms with Crippen molar-refractivity contribution in [1.29, 1.82) is 0 Å². The molecule has 2 aromatic heterocycles. The van der Waals surface area contributed by atoms with E-state index in [-0.39, 0.29) is 12.0 Å². The summed E-state index contributed by atoms with van der Waals surface area (Å²) in [4.78, 5) is 21.2. The van der Waals surface area contributed by atoms with Gasteiger partial charge in [-0.15, -0.1) is 22.7 Å². The highest BCUT2D eigenvalue weighted by Crippen LogP contribution is 2.32. The molecule has 2 N–H and O–H groups in total. The fourth-order valence-corrected chi connectivity index (χ4v) is 4.63. The van der Waals surface area contributed by atoms with Crippen LogP contribution in [0.3, 0.4) is 0 Å². The third kappa shape index (κ3) is 4.03. The summed E-state index contributed by atoms with van der Waals surface area (Å²) in [5.41, 5.74) is 6.31. The van der Waals surface area contributed by atoms with E-state index in [2.05, 4.69) is 4.98 Å². The number of piperidine rings is 1. The van der Waals surface area contributed by atoms with Crippen molar-refractivity contribution in [3.8, 4) is 9.88 Å². The second-order valence-corrected chi connectivity index (χ2v) is 7.86. The number of likely N-dealkylation sites (tertiary alicyclic amines) is 1. The van der Waals surface area contributed by atoms with Crippen LogP contribution in [0, 0.1) is 6.92 Å². The van der Waals surface area contributed by atoms with E-state index in [4.69, 9.17) is 10.5 Å². The molecule has 0 unspecified atom stereocenters. The average molecular weight is 366 g/mol. The third-order valence-electron chi connectivity index (χ3n) is 4.15. The van der Waals surface area contributed by atoms with Gasteiger partial charge in [0.2, 0.25) is 0 Å². The van der Waals surface area contributed by atoms with Gasteiger partial charge in [-0.05, 0) is 44.2 Å². The monoisotopic (exact) mass is 365 g/mol. The molecule has 0 aliphatic carbocycles. The van der Waals surface area contributed by atoms with Gasteiger partial charge in [0.05, 0.1) is 16.7 Å². The first kappa shape index (κ1) is 17.5. The van der Waals surface area contributed by atoms with Gasteiger partial charge in [0, 0.05) is 19.7 Å². The lowest BCUT2D eigenvalue weighted by Crippen LogP contribution is -2.41. The van der Waals surface area contributed by atoms with Gasteiger partial charge in [0.25, 0.3) is 5.91 Å². The number of amides is 1. The molecule has 24 heavy (non-hydrogen) atoms. The number of rotatable bonds is 6. The second kappa shape index (κ2) is 8.20. The molecule has 0 aromatic carbocycles. The topological polar surface area (TPSA) is 68.5 Å². The predicted molar refractivity (Wildman–Crippen MR) is 98.7 cm³/mol. The molecule has 1 fully saturated rings. The largest absolute Gasteiger partial charge is 0.378 e. The van der Waals surface area contributed by atoms with Gasteiger partial charge in [0.1, 0.15) is 9.88 Å². The molecule has 130 valence electrons. The number of carbonyl (C=O) groups excluding carboxylic acids is 1. The molecule has 1 saturated heterocycles. The van der Waals surface area contributed by atoms with Gasteiger partial charge in [-0.2, -0.15) is 0 Å². The number of carbonyl (C=O) groups is 1. The van der Waals surface area contributed by atoms with E-state index in [1.807, 2.05) is 29.3 Å². The minimum atomic E-state index is 0.105. The normalized spacial score (nSPS) is 15.8. The zero-order valence-corrected chi connectivity index (χ0v) is 15.5. The number of aromatic nitrogens is 1. The number of hydrogen-bond acceptors (Lipinski definition) is 6. The summed E-state index contributed by atoms with van der Waals surface area (Å²) in [6.07, 6.45) is 2.94. The van der Waals surface area contributed by atoms with Crippen LogP contribution in [-0.4, -0.2) is 48.1 Å². The predicted octanol–water partition coefficient (Wildman–Crippen LogP) is 3.15. The minimum absolute atomic E-state index is 0.105. The van der Waals surface area contributed by atoms with E-state index in [9.17, 15) is 4.79 Å². The number of nitrogens with zero attached hydrogens (tertiary/aromatic N) is 2. The molecule has 1 aliphatic heterocycles. The van der Waals surface area contributed by atoms with Crippen molar-refractivity contribution in [3.63, 3.8) is 0 Å². The van der Waals surface area contributed by atoms with Crippen LogP contribution in [0.1, 0.15) is 34.6 Å². The molecule has 3 rings (SSSR count). The van der Waals surface area contributed by atoms with Gasteiger partial charge in [-0.1, -0.05) is 6.07 Å². The number of aryl methyl sites for hydroxylation is 1. The lowest BCUT2D eigenvalue weighted by Gasteiger charge is -2.31. The first-order valence-electron chi connectivity index (χ1n) is 8.31. The number of hydrogen-bond donors (Lipinski definition) is 1. The van der Waals surface area contributed by atoms with Crippen molar-refractivity contribution in [2.45, 2.75) is 32.3 Å². The van der Waals surface area contributed by atoms with Crippen molar-refractivity contribution in [1.82, 2.24) is 9.88 Å². The molecular formula is C17H23N3O2S2. The van der Waals surface area contributed by atoms with E-state index in [0.717, 1.165) is 52.8 Å². The molecule has 0 spiro atoms. The Hall–Kier alpha value is -1.28. The number of thiazole rings is 1. The van der Waals surface area contributed by atoms with Gasteiger partial charge in [-0.25, -0.2) is 4.98 Å². The second-order valence-electron chi connectivity index (χ2n) is 5.92. The van der Waals surface area contributed by atoms with Gasteiger partial charge in [-0.3, -0.25) is 4.79 Å². The number of ether oxygens (including phenoxy) is 1. The van der Waals surface area contributed by atoms with Crippen molar-refractivity contribution >= 4 is 28.6 Å². The highest BCUT2D eigenvalue weighted by Gasteiger charge is 2.27. The summed E-state index contributed by atoms with van der Waals surface area (Å²) in [6.45, 7) is 4.79. The van der Waals surface area contributed by atoms with Gasteiger partial charge < -0.3 is 15.4 Å². The molecule has 7 heteroatoms. The Morgan fingerprint density at radius 3 is 2.92 bits per heavy atom. The van der Waals surface area contributed by atoms with Crippen LogP contribution in [0.2, 0.25) is 0 Å². The molecule has 3 heterocycles. The Kier molecular flexibility index (Phi) is 5.99. The van der Waals surface area contributed by atoms with Gasteiger partial charge >= 0.3 is 0 Å².